The van der Waals surface area contributed by atoms with E-state index < -0.39 is 0 Å². The number of aliphatic hydroxyl groups excluding tert-OH is 1. The highest BCUT2D eigenvalue weighted by atomic mass is 16.3. The second kappa shape index (κ2) is 5.60. The summed E-state index contributed by atoms with van der Waals surface area (Å²) in [6, 6.07) is 11.9. The standard InChI is InChI=1S/C14H17N3O/c1-3-17(13-6-4-5-11(2)9-13)14-8-7-12(10-18)15-16-14/h4-9,18H,3,10H2,1-2H3. The molecule has 94 valence electrons. The number of aromatic nitrogens is 2. The van der Waals surface area contributed by atoms with Crippen molar-refractivity contribution in [3.8, 4) is 0 Å². The van der Waals surface area contributed by atoms with E-state index in [0.29, 0.717) is 5.69 Å². The molecule has 18 heavy (non-hydrogen) atoms. The molecule has 0 spiro atoms. The fourth-order valence-corrected chi connectivity index (χ4v) is 1.85. The van der Waals surface area contributed by atoms with Gasteiger partial charge in [0.15, 0.2) is 5.82 Å². The lowest BCUT2D eigenvalue weighted by Crippen LogP contribution is -2.18. The van der Waals surface area contributed by atoms with Crippen molar-refractivity contribution in [1.29, 1.82) is 0 Å². The Kier molecular flexibility index (Phi) is 3.89. The molecule has 4 heteroatoms. The number of aryl methyl sites for hydroxylation is 1. The minimum absolute atomic E-state index is 0.0795. The highest BCUT2D eigenvalue weighted by Gasteiger charge is 2.09. The Morgan fingerprint density at radius 2 is 2.00 bits per heavy atom. The summed E-state index contributed by atoms with van der Waals surface area (Å²) in [6.45, 7) is 4.88. The molecule has 1 N–H and O–H groups in total. The van der Waals surface area contributed by atoms with Gasteiger partial charge < -0.3 is 10.0 Å². The zero-order chi connectivity index (χ0) is 13.0. The molecule has 1 aromatic heterocycles. The summed E-state index contributed by atoms with van der Waals surface area (Å²) < 4.78 is 0. The molecule has 0 aliphatic carbocycles. The maximum absolute atomic E-state index is 8.96. The maximum atomic E-state index is 8.96. The van der Waals surface area contributed by atoms with Crippen molar-refractivity contribution in [2.24, 2.45) is 0 Å². The molecule has 0 atom stereocenters. The number of hydrogen-bond donors (Lipinski definition) is 1. The van der Waals surface area contributed by atoms with Crippen molar-refractivity contribution < 1.29 is 5.11 Å². The highest BCUT2D eigenvalue weighted by molar-refractivity contribution is 5.60. The molecule has 0 saturated carbocycles. The summed E-state index contributed by atoms with van der Waals surface area (Å²) >= 11 is 0. The Balaban J connectivity index is 2.32. The minimum atomic E-state index is -0.0795. The van der Waals surface area contributed by atoms with E-state index in [4.69, 9.17) is 5.11 Å². The quantitative estimate of drug-likeness (QED) is 0.896. The lowest BCUT2D eigenvalue weighted by molar-refractivity contribution is 0.275. The van der Waals surface area contributed by atoms with Crippen molar-refractivity contribution >= 4 is 11.5 Å². The van der Waals surface area contributed by atoms with Crippen molar-refractivity contribution in [1.82, 2.24) is 10.2 Å². The Labute approximate surface area is 107 Å². The molecule has 2 rings (SSSR count). The van der Waals surface area contributed by atoms with E-state index in [1.165, 1.54) is 5.56 Å². The van der Waals surface area contributed by atoms with Gasteiger partial charge in [-0.1, -0.05) is 12.1 Å². The third-order valence-electron chi connectivity index (χ3n) is 2.77. The molecular weight excluding hydrogens is 226 g/mol. The van der Waals surface area contributed by atoms with Gasteiger partial charge in [0.1, 0.15) is 0 Å². The molecule has 2 aromatic rings. The molecule has 0 amide bonds. The zero-order valence-electron chi connectivity index (χ0n) is 10.7. The lowest BCUT2D eigenvalue weighted by Gasteiger charge is -2.21. The number of nitrogens with zero attached hydrogens (tertiary/aromatic N) is 3. The van der Waals surface area contributed by atoms with Crippen molar-refractivity contribution in [3.63, 3.8) is 0 Å². The van der Waals surface area contributed by atoms with Gasteiger partial charge in [-0.15, -0.1) is 5.10 Å². The third-order valence-corrected chi connectivity index (χ3v) is 2.77. The van der Waals surface area contributed by atoms with Crippen LogP contribution in [0, 0.1) is 6.92 Å². The Bertz CT molecular complexity index is 511. The second-order valence-corrected chi connectivity index (χ2v) is 4.12. The lowest BCUT2D eigenvalue weighted by atomic mass is 10.2. The van der Waals surface area contributed by atoms with E-state index in [-0.39, 0.29) is 6.61 Å². The van der Waals surface area contributed by atoms with Crippen LogP contribution < -0.4 is 4.90 Å². The predicted molar refractivity (Wildman–Crippen MR) is 71.8 cm³/mol. The molecule has 0 bridgehead atoms. The third kappa shape index (κ3) is 2.65. The molecule has 0 fully saturated rings. The number of aliphatic hydroxyl groups is 1. The van der Waals surface area contributed by atoms with Crippen LogP contribution >= 0.6 is 0 Å². The predicted octanol–water partition coefficient (Wildman–Crippen LogP) is 2.44. The van der Waals surface area contributed by atoms with Gasteiger partial charge in [-0.05, 0) is 43.7 Å². The first-order chi connectivity index (χ1) is 8.74. The number of hydrogen-bond acceptors (Lipinski definition) is 4. The number of benzene rings is 1. The molecule has 0 aliphatic heterocycles. The van der Waals surface area contributed by atoms with Gasteiger partial charge in [-0.2, -0.15) is 5.10 Å². The van der Waals surface area contributed by atoms with E-state index in [1.54, 1.807) is 6.07 Å². The molecular formula is C14H17N3O. The van der Waals surface area contributed by atoms with Gasteiger partial charge in [0.05, 0.1) is 12.3 Å². The fraction of sp³-hybridized carbons (Fsp3) is 0.286. The average Bonchev–Trinajstić information content (AvgIpc) is 2.40. The van der Waals surface area contributed by atoms with Crippen LogP contribution in [-0.2, 0) is 6.61 Å². The van der Waals surface area contributed by atoms with Gasteiger partial charge in [0, 0.05) is 12.2 Å². The smallest absolute Gasteiger partial charge is 0.155 e. The molecule has 1 aromatic carbocycles. The molecule has 0 radical (unpaired) electrons. The summed E-state index contributed by atoms with van der Waals surface area (Å²) in [5, 5.41) is 17.1. The van der Waals surface area contributed by atoms with Crippen LogP contribution in [0.25, 0.3) is 0 Å². The van der Waals surface area contributed by atoms with Crippen LogP contribution in [0.1, 0.15) is 18.2 Å². The SMILES string of the molecule is CCN(c1cccc(C)c1)c1ccc(CO)nn1. The van der Waals surface area contributed by atoms with Crippen LogP contribution in [0.2, 0.25) is 0 Å². The van der Waals surface area contributed by atoms with Gasteiger partial charge in [0.2, 0.25) is 0 Å². The topological polar surface area (TPSA) is 49.2 Å². The highest BCUT2D eigenvalue weighted by Crippen LogP contribution is 2.23. The largest absolute Gasteiger partial charge is 0.390 e. The maximum Gasteiger partial charge on any atom is 0.155 e. The first-order valence-electron chi connectivity index (χ1n) is 6.02. The van der Waals surface area contributed by atoms with E-state index >= 15 is 0 Å². The van der Waals surface area contributed by atoms with Crippen LogP contribution in [0.4, 0.5) is 11.5 Å². The van der Waals surface area contributed by atoms with Crippen LogP contribution in [0.15, 0.2) is 36.4 Å². The van der Waals surface area contributed by atoms with Crippen molar-refractivity contribution in [3.05, 3.63) is 47.7 Å². The Morgan fingerprint density at radius 3 is 2.56 bits per heavy atom. The van der Waals surface area contributed by atoms with Gasteiger partial charge in [-0.25, -0.2) is 0 Å². The number of rotatable bonds is 4. The van der Waals surface area contributed by atoms with E-state index in [0.717, 1.165) is 18.1 Å². The van der Waals surface area contributed by atoms with Crippen LogP contribution in [0.3, 0.4) is 0 Å². The van der Waals surface area contributed by atoms with Crippen molar-refractivity contribution in [2.75, 3.05) is 11.4 Å². The summed E-state index contributed by atoms with van der Waals surface area (Å²) in [5.74, 6) is 0.792. The van der Waals surface area contributed by atoms with Gasteiger partial charge in [-0.3, -0.25) is 0 Å². The summed E-state index contributed by atoms with van der Waals surface area (Å²) in [5.41, 5.74) is 2.90. The molecule has 0 unspecified atom stereocenters. The first-order valence-corrected chi connectivity index (χ1v) is 6.02. The summed E-state index contributed by atoms with van der Waals surface area (Å²) in [6.07, 6.45) is 0. The molecule has 0 aliphatic rings. The Morgan fingerprint density at radius 1 is 1.17 bits per heavy atom. The minimum Gasteiger partial charge on any atom is -0.390 e. The van der Waals surface area contributed by atoms with E-state index in [2.05, 4.69) is 47.1 Å². The average molecular weight is 243 g/mol. The normalized spacial score (nSPS) is 10.4. The second-order valence-electron chi connectivity index (χ2n) is 4.12. The van der Waals surface area contributed by atoms with E-state index in [1.807, 2.05) is 12.1 Å². The molecule has 1 heterocycles. The monoisotopic (exact) mass is 243 g/mol. The molecule has 4 nitrogen and oxygen atoms in total. The summed E-state index contributed by atoms with van der Waals surface area (Å²) in [7, 11) is 0. The van der Waals surface area contributed by atoms with Gasteiger partial charge in [0.25, 0.3) is 0 Å². The molecule has 0 saturated heterocycles. The van der Waals surface area contributed by atoms with Crippen LogP contribution in [-0.4, -0.2) is 21.8 Å². The fourth-order valence-electron chi connectivity index (χ4n) is 1.85. The first kappa shape index (κ1) is 12.5. The van der Waals surface area contributed by atoms with E-state index in [9.17, 15) is 0 Å². The van der Waals surface area contributed by atoms with Crippen LogP contribution in [0.5, 0.6) is 0 Å². The van der Waals surface area contributed by atoms with Gasteiger partial charge >= 0.3 is 0 Å². The zero-order valence-corrected chi connectivity index (χ0v) is 10.7. The number of anilines is 2. The Hall–Kier alpha value is -1.94. The summed E-state index contributed by atoms with van der Waals surface area (Å²) in [4.78, 5) is 2.08. The van der Waals surface area contributed by atoms with Crippen molar-refractivity contribution in [2.45, 2.75) is 20.5 Å².